The summed E-state index contributed by atoms with van der Waals surface area (Å²) in [6, 6.07) is 13.5. The van der Waals surface area contributed by atoms with Gasteiger partial charge in [0.15, 0.2) is 0 Å². The summed E-state index contributed by atoms with van der Waals surface area (Å²) in [5.74, 6) is -0.0855. The van der Waals surface area contributed by atoms with Gasteiger partial charge in [-0.3, -0.25) is 9.78 Å². The summed E-state index contributed by atoms with van der Waals surface area (Å²) in [5, 5.41) is 19.7. The number of rotatable bonds is 4. The van der Waals surface area contributed by atoms with E-state index in [9.17, 15) is 15.2 Å². The minimum absolute atomic E-state index is 0.00802. The molecule has 0 spiro atoms. The van der Waals surface area contributed by atoms with Crippen LogP contribution in [0.25, 0.3) is 11.1 Å². The first-order chi connectivity index (χ1) is 13.7. The lowest BCUT2D eigenvalue weighted by Gasteiger charge is -2.52. The van der Waals surface area contributed by atoms with E-state index in [1.54, 1.807) is 17.3 Å². The molecule has 1 N–H and O–H groups in total. The molecule has 2 heterocycles. The third-order valence-electron chi connectivity index (χ3n) is 6.25. The van der Waals surface area contributed by atoms with Crippen molar-refractivity contribution < 1.29 is 9.90 Å². The van der Waals surface area contributed by atoms with Crippen LogP contribution in [-0.2, 0) is 4.79 Å². The number of carbonyl (C=O) groups excluding carboxylic acids is 1. The molecule has 1 saturated carbocycles. The largest absolute Gasteiger partial charge is 0.394 e. The van der Waals surface area contributed by atoms with Crippen LogP contribution in [-0.4, -0.2) is 39.6 Å². The number of hydrogen-bond donors (Lipinski definition) is 1. The second kappa shape index (κ2) is 8.12. The molecule has 144 valence electrons. The molecule has 28 heavy (non-hydrogen) atoms. The highest BCUT2D eigenvalue weighted by Gasteiger charge is 2.52. The van der Waals surface area contributed by atoms with Crippen LogP contribution < -0.4 is 0 Å². The Hall–Kier alpha value is -2.71. The number of amides is 1. The number of benzene rings is 1. The number of carbonyl (C=O) groups is 1. The molecule has 0 unspecified atom stereocenters. The number of aliphatic hydroxyl groups excluding tert-OH is 1. The minimum Gasteiger partial charge on any atom is -0.394 e. The van der Waals surface area contributed by atoms with Gasteiger partial charge in [-0.05, 0) is 41.7 Å². The molecular weight excluding hydrogens is 350 g/mol. The van der Waals surface area contributed by atoms with Gasteiger partial charge in [0, 0.05) is 24.2 Å². The second-order valence-corrected chi connectivity index (χ2v) is 7.79. The van der Waals surface area contributed by atoms with E-state index in [4.69, 9.17) is 0 Å². The van der Waals surface area contributed by atoms with E-state index in [1.165, 1.54) is 6.42 Å². The fraction of sp³-hybridized carbons (Fsp3) is 0.435. The summed E-state index contributed by atoms with van der Waals surface area (Å²) >= 11 is 0. The maximum Gasteiger partial charge on any atom is 0.227 e. The predicted molar refractivity (Wildman–Crippen MR) is 106 cm³/mol. The van der Waals surface area contributed by atoms with Crippen LogP contribution in [0, 0.1) is 17.2 Å². The number of hydrogen-bond acceptors (Lipinski definition) is 4. The lowest BCUT2D eigenvalue weighted by Crippen LogP contribution is -2.66. The van der Waals surface area contributed by atoms with Crippen molar-refractivity contribution in [1.29, 1.82) is 5.26 Å². The summed E-state index contributed by atoms with van der Waals surface area (Å²) in [6.45, 7) is -0.118. The van der Waals surface area contributed by atoms with Gasteiger partial charge in [-0.25, -0.2) is 0 Å². The van der Waals surface area contributed by atoms with E-state index in [0.29, 0.717) is 0 Å². The molecule has 3 atom stereocenters. The molecule has 2 aromatic rings. The van der Waals surface area contributed by atoms with Gasteiger partial charge in [0.1, 0.15) is 6.04 Å². The number of pyridine rings is 1. The number of nitriles is 1. The van der Waals surface area contributed by atoms with Crippen molar-refractivity contribution in [3.63, 3.8) is 0 Å². The molecule has 1 aromatic heterocycles. The summed E-state index contributed by atoms with van der Waals surface area (Å²) in [7, 11) is 0. The Balaban J connectivity index is 1.54. The number of nitrogens with zero attached hydrogens (tertiary/aromatic N) is 3. The number of aromatic nitrogens is 1. The van der Waals surface area contributed by atoms with Crippen LogP contribution >= 0.6 is 0 Å². The van der Waals surface area contributed by atoms with E-state index < -0.39 is 6.04 Å². The van der Waals surface area contributed by atoms with Crippen LogP contribution in [0.1, 0.15) is 43.6 Å². The third-order valence-corrected chi connectivity index (χ3v) is 6.25. The van der Waals surface area contributed by atoms with Gasteiger partial charge < -0.3 is 10.0 Å². The average Bonchev–Trinajstić information content (AvgIpc) is 2.75. The van der Waals surface area contributed by atoms with Crippen LogP contribution in [0.4, 0.5) is 0 Å². The van der Waals surface area contributed by atoms with Gasteiger partial charge >= 0.3 is 0 Å². The standard InChI is InChI=1S/C23H25N3O2/c24-14-20-22(18-8-6-16(7-9-18)17-10-12-25-13-11-17)21(15-27)26(20)23(28)19-4-2-1-3-5-19/h6-13,19-22,27H,1-5,15H2/t20-,21-,22-/m1/s1. The molecule has 1 aromatic carbocycles. The van der Waals surface area contributed by atoms with Crippen molar-refractivity contribution >= 4 is 5.91 Å². The van der Waals surface area contributed by atoms with E-state index in [0.717, 1.165) is 42.4 Å². The molecule has 1 saturated heterocycles. The Labute approximate surface area is 165 Å². The lowest BCUT2D eigenvalue weighted by atomic mass is 9.74. The fourth-order valence-corrected chi connectivity index (χ4v) is 4.71. The van der Waals surface area contributed by atoms with Gasteiger partial charge in [-0.1, -0.05) is 43.5 Å². The Bertz CT molecular complexity index is 854. The predicted octanol–water partition coefficient (Wildman–Crippen LogP) is 3.51. The van der Waals surface area contributed by atoms with Crippen molar-refractivity contribution in [2.75, 3.05) is 6.61 Å². The highest BCUT2D eigenvalue weighted by molar-refractivity contribution is 5.81. The summed E-state index contributed by atoms with van der Waals surface area (Å²) in [4.78, 5) is 18.7. The summed E-state index contributed by atoms with van der Waals surface area (Å²) in [6.07, 6.45) is 8.65. The Morgan fingerprint density at radius 1 is 1.07 bits per heavy atom. The molecule has 1 aliphatic carbocycles. The molecule has 0 radical (unpaired) electrons. The topological polar surface area (TPSA) is 77.2 Å². The molecule has 2 aliphatic rings. The lowest BCUT2D eigenvalue weighted by molar-refractivity contribution is -0.152. The molecule has 1 aliphatic heterocycles. The van der Waals surface area contributed by atoms with Gasteiger partial charge in [0.25, 0.3) is 0 Å². The van der Waals surface area contributed by atoms with E-state index in [2.05, 4.69) is 11.1 Å². The summed E-state index contributed by atoms with van der Waals surface area (Å²) in [5.41, 5.74) is 3.16. The third kappa shape index (κ3) is 3.29. The zero-order chi connectivity index (χ0) is 19.5. The van der Waals surface area contributed by atoms with E-state index >= 15 is 0 Å². The van der Waals surface area contributed by atoms with Crippen molar-refractivity contribution in [3.05, 3.63) is 54.4 Å². The monoisotopic (exact) mass is 375 g/mol. The highest BCUT2D eigenvalue weighted by Crippen LogP contribution is 2.43. The Kier molecular flexibility index (Phi) is 5.40. The smallest absolute Gasteiger partial charge is 0.227 e. The minimum atomic E-state index is -0.502. The van der Waals surface area contributed by atoms with Crippen molar-refractivity contribution in [2.24, 2.45) is 5.92 Å². The Morgan fingerprint density at radius 3 is 2.32 bits per heavy atom. The molecule has 5 heteroatoms. The van der Waals surface area contributed by atoms with Crippen LogP contribution in [0.5, 0.6) is 0 Å². The first-order valence-electron chi connectivity index (χ1n) is 10.1. The molecule has 4 rings (SSSR count). The summed E-state index contributed by atoms with van der Waals surface area (Å²) < 4.78 is 0. The van der Waals surface area contributed by atoms with Crippen molar-refractivity contribution in [3.8, 4) is 17.2 Å². The fourth-order valence-electron chi connectivity index (χ4n) is 4.71. The van der Waals surface area contributed by atoms with Crippen molar-refractivity contribution in [2.45, 2.75) is 50.1 Å². The second-order valence-electron chi connectivity index (χ2n) is 7.79. The van der Waals surface area contributed by atoms with Gasteiger partial charge in [-0.2, -0.15) is 5.26 Å². The van der Waals surface area contributed by atoms with E-state index in [-0.39, 0.29) is 30.4 Å². The molecule has 2 fully saturated rings. The molecular formula is C23H25N3O2. The first kappa shape index (κ1) is 18.6. The van der Waals surface area contributed by atoms with Gasteiger partial charge in [0.2, 0.25) is 5.91 Å². The molecule has 5 nitrogen and oxygen atoms in total. The van der Waals surface area contributed by atoms with Gasteiger partial charge in [0.05, 0.1) is 18.7 Å². The van der Waals surface area contributed by atoms with Crippen LogP contribution in [0.15, 0.2) is 48.8 Å². The zero-order valence-electron chi connectivity index (χ0n) is 15.9. The first-order valence-corrected chi connectivity index (χ1v) is 10.1. The maximum absolute atomic E-state index is 13.0. The van der Waals surface area contributed by atoms with Crippen LogP contribution in [0.3, 0.4) is 0 Å². The SMILES string of the molecule is N#C[C@@H]1[C@@H](c2ccc(-c3ccncc3)cc2)[C@@H](CO)N1C(=O)C1CCCCC1. The number of likely N-dealkylation sites (tertiary alicyclic amines) is 1. The van der Waals surface area contributed by atoms with Crippen LogP contribution in [0.2, 0.25) is 0 Å². The Morgan fingerprint density at radius 2 is 1.71 bits per heavy atom. The number of aliphatic hydroxyl groups is 1. The normalized spacial score (nSPS) is 25.0. The maximum atomic E-state index is 13.0. The molecule has 1 amide bonds. The average molecular weight is 375 g/mol. The van der Waals surface area contributed by atoms with Gasteiger partial charge in [-0.15, -0.1) is 0 Å². The highest BCUT2D eigenvalue weighted by atomic mass is 16.3. The molecule has 0 bridgehead atoms. The van der Waals surface area contributed by atoms with Crippen molar-refractivity contribution in [1.82, 2.24) is 9.88 Å². The quantitative estimate of drug-likeness (QED) is 0.887. The zero-order valence-corrected chi connectivity index (χ0v) is 15.9. The van der Waals surface area contributed by atoms with E-state index in [1.807, 2.05) is 36.4 Å².